The van der Waals surface area contributed by atoms with E-state index in [0.717, 1.165) is 23.7 Å². The summed E-state index contributed by atoms with van der Waals surface area (Å²) in [6.07, 6.45) is 3.22. The smallest absolute Gasteiger partial charge is 0.260 e. The fourth-order valence-corrected chi connectivity index (χ4v) is 2.48. The van der Waals surface area contributed by atoms with E-state index in [4.69, 9.17) is 9.84 Å². The Balaban J connectivity index is 1.88. The molecule has 1 aliphatic rings. The molecule has 4 nitrogen and oxygen atoms in total. The standard InChI is InChI=1S/C14H18BrNO3/c15-11-3-1-6-13(9-11)19-10-14(18)16(7-8-17)12-4-2-5-12/h1,3,6,9,12,17H,2,4-5,7-8,10H2. The lowest BCUT2D eigenvalue weighted by molar-refractivity contribution is -0.138. The van der Waals surface area contributed by atoms with Crippen molar-refractivity contribution in [2.45, 2.75) is 25.3 Å². The summed E-state index contributed by atoms with van der Waals surface area (Å²) in [5.41, 5.74) is 0. The van der Waals surface area contributed by atoms with Gasteiger partial charge in [-0.2, -0.15) is 0 Å². The van der Waals surface area contributed by atoms with Gasteiger partial charge < -0.3 is 14.7 Å². The third-order valence-corrected chi connectivity index (χ3v) is 3.83. The zero-order valence-corrected chi connectivity index (χ0v) is 12.3. The number of halogens is 1. The van der Waals surface area contributed by atoms with Crippen molar-refractivity contribution in [1.82, 2.24) is 4.90 Å². The summed E-state index contributed by atoms with van der Waals surface area (Å²) in [4.78, 5) is 13.8. The minimum absolute atomic E-state index is 0.000868. The van der Waals surface area contributed by atoms with Crippen molar-refractivity contribution in [3.8, 4) is 5.75 Å². The molecule has 0 bridgehead atoms. The highest BCUT2D eigenvalue weighted by Crippen LogP contribution is 2.25. The molecular weight excluding hydrogens is 310 g/mol. The molecule has 5 heteroatoms. The third kappa shape index (κ3) is 3.94. The second-order valence-corrected chi connectivity index (χ2v) is 5.56. The van der Waals surface area contributed by atoms with Gasteiger partial charge in [0.25, 0.3) is 5.91 Å². The summed E-state index contributed by atoms with van der Waals surface area (Å²) in [6.45, 7) is 0.414. The van der Waals surface area contributed by atoms with Crippen LogP contribution < -0.4 is 4.74 Å². The predicted molar refractivity (Wildman–Crippen MR) is 76.1 cm³/mol. The summed E-state index contributed by atoms with van der Waals surface area (Å²) in [5.74, 6) is 0.610. The number of carbonyl (C=O) groups is 1. The number of nitrogens with zero attached hydrogens (tertiary/aromatic N) is 1. The number of hydrogen-bond acceptors (Lipinski definition) is 3. The van der Waals surface area contributed by atoms with Gasteiger partial charge in [-0.05, 0) is 37.5 Å². The van der Waals surface area contributed by atoms with Crippen LogP contribution in [0.25, 0.3) is 0 Å². The molecule has 0 heterocycles. The average Bonchev–Trinajstić information content (AvgIpc) is 2.33. The monoisotopic (exact) mass is 327 g/mol. The molecular formula is C14H18BrNO3. The van der Waals surface area contributed by atoms with Gasteiger partial charge in [0.15, 0.2) is 6.61 Å². The first-order valence-corrected chi connectivity index (χ1v) is 7.28. The van der Waals surface area contributed by atoms with Crippen LogP contribution in [0, 0.1) is 0 Å². The molecule has 104 valence electrons. The van der Waals surface area contributed by atoms with Crippen LogP contribution in [0.15, 0.2) is 28.7 Å². The Bertz CT molecular complexity index is 434. The first-order chi connectivity index (χ1) is 9.20. The highest BCUT2D eigenvalue weighted by atomic mass is 79.9. The molecule has 0 saturated heterocycles. The maximum Gasteiger partial charge on any atom is 0.260 e. The zero-order valence-electron chi connectivity index (χ0n) is 10.7. The molecule has 19 heavy (non-hydrogen) atoms. The van der Waals surface area contributed by atoms with Crippen molar-refractivity contribution in [2.24, 2.45) is 0 Å². The van der Waals surface area contributed by atoms with Gasteiger partial charge in [-0.3, -0.25) is 4.79 Å². The number of rotatable bonds is 6. The van der Waals surface area contributed by atoms with Crippen LogP contribution in [-0.4, -0.2) is 41.7 Å². The molecule has 1 saturated carbocycles. The highest BCUT2D eigenvalue weighted by molar-refractivity contribution is 9.10. The normalized spacial score (nSPS) is 14.8. The van der Waals surface area contributed by atoms with E-state index in [-0.39, 0.29) is 25.2 Å². The van der Waals surface area contributed by atoms with Gasteiger partial charge in [-0.1, -0.05) is 22.0 Å². The fourth-order valence-electron chi connectivity index (χ4n) is 2.10. The van der Waals surface area contributed by atoms with Crippen LogP contribution in [0.5, 0.6) is 5.75 Å². The predicted octanol–water partition coefficient (Wildman–Crippen LogP) is 2.20. The molecule has 2 rings (SSSR count). The highest BCUT2D eigenvalue weighted by Gasteiger charge is 2.28. The molecule has 0 atom stereocenters. The lowest BCUT2D eigenvalue weighted by atomic mass is 9.91. The van der Waals surface area contributed by atoms with Gasteiger partial charge in [0, 0.05) is 17.1 Å². The van der Waals surface area contributed by atoms with Crippen molar-refractivity contribution in [1.29, 1.82) is 0 Å². The molecule has 0 spiro atoms. The van der Waals surface area contributed by atoms with Crippen molar-refractivity contribution in [3.63, 3.8) is 0 Å². The number of amides is 1. The summed E-state index contributed by atoms with van der Waals surface area (Å²) in [6, 6.07) is 7.69. The van der Waals surface area contributed by atoms with E-state index in [2.05, 4.69) is 15.9 Å². The Morgan fingerprint density at radius 3 is 2.84 bits per heavy atom. The summed E-state index contributed by atoms with van der Waals surface area (Å²) < 4.78 is 6.41. The Kier molecular flexibility index (Phi) is 5.22. The molecule has 0 aliphatic heterocycles. The number of benzene rings is 1. The van der Waals surface area contributed by atoms with E-state index in [1.165, 1.54) is 0 Å². The first-order valence-electron chi connectivity index (χ1n) is 6.49. The summed E-state index contributed by atoms with van der Waals surface area (Å²) >= 11 is 3.36. The Labute approximate surface area is 121 Å². The number of carbonyl (C=O) groups excluding carboxylic acids is 1. The maximum absolute atomic E-state index is 12.1. The molecule has 1 fully saturated rings. The van der Waals surface area contributed by atoms with E-state index >= 15 is 0 Å². The molecule has 0 unspecified atom stereocenters. The average molecular weight is 328 g/mol. The number of ether oxygens (including phenoxy) is 1. The lowest BCUT2D eigenvalue weighted by Crippen LogP contribution is -2.47. The largest absolute Gasteiger partial charge is 0.484 e. The molecule has 0 aromatic heterocycles. The second-order valence-electron chi connectivity index (χ2n) is 4.64. The molecule has 1 aliphatic carbocycles. The zero-order chi connectivity index (χ0) is 13.7. The Hall–Kier alpha value is -1.07. The van der Waals surface area contributed by atoms with Gasteiger partial charge in [-0.15, -0.1) is 0 Å². The van der Waals surface area contributed by atoms with Crippen molar-refractivity contribution in [3.05, 3.63) is 28.7 Å². The molecule has 1 amide bonds. The molecule has 1 aromatic rings. The van der Waals surface area contributed by atoms with Crippen LogP contribution in [0.4, 0.5) is 0 Å². The minimum atomic E-state index is -0.0567. The lowest BCUT2D eigenvalue weighted by Gasteiger charge is -2.37. The van der Waals surface area contributed by atoms with E-state index < -0.39 is 0 Å². The van der Waals surface area contributed by atoms with Gasteiger partial charge >= 0.3 is 0 Å². The summed E-state index contributed by atoms with van der Waals surface area (Å²) in [7, 11) is 0. The SMILES string of the molecule is O=C(COc1cccc(Br)c1)N(CCO)C1CCC1. The second kappa shape index (κ2) is 6.91. The quantitative estimate of drug-likeness (QED) is 0.871. The Morgan fingerprint density at radius 1 is 1.47 bits per heavy atom. The van der Waals surface area contributed by atoms with Crippen LogP contribution in [0.1, 0.15) is 19.3 Å². The van der Waals surface area contributed by atoms with Crippen molar-refractivity contribution < 1.29 is 14.6 Å². The van der Waals surface area contributed by atoms with Gasteiger partial charge in [0.2, 0.25) is 0 Å². The van der Waals surface area contributed by atoms with Gasteiger partial charge in [0.05, 0.1) is 6.61 Å². The van der Waals surface area contributed by atoms with E-state index in [1.54, 1.807) is 4.90 Å². The van der Waals surface area contributed by atoms with Gasteiger partial charge in [-0.25, -0.2) is 0 Å². The van der Waals surface area contributed by atoms with E-state index in [9.17, 15) is 4.79 Å². The van der Waals surface area contributed by atoms with Crippen molar-refractivity contribution >= 4 is 21.8 Å². The van der Waals surface area contributed by atoms with Crippen LogP contribution >= 0.6 is 15.9 Å². The summed E-state index contributed by atoms with van der Waals surface area (Å²) in [5, 5.41) is 9.03. The number of hydrogen-bond donors (Lipinski definition) is 1. The van der Waals surface area contributed by atoms with Crippen LogP contribution in [-0.2, 0) is 4.79 Å². The van der Waals surface area contributed by atoms with Crippen LogP contribution in [0.3, 0.4) is 0 Å². The van der Waals surface area contributed by atoms with Crippen LogP contribution in [0.2, 0.25) is 0 Å². The third-order valence-electron chi connectivity index (χ3n) is 3.34. The molecule has 1 N–H and O–H groups in total. The number of aliphatic hydroxyl groups is 1. The minimum Gasteiger partial charge on any atom is -0.484 e. The van der Waals surface area contributed by atoms with E-state index in [1.807, 2.05) is 24.3 Å². The molecule has 1 aromatic carbocycles. The topological polar surface area (TPSA) is 49.8 Å². The number of aliphatic hydroxyl groups excluding tert-OH is 1. The maximum atomic E-state index is 12.1. The first kappa shape index (κ1) is 14.3. The van der Waals surface area contributed by atoms with Gasteiger partial charge in [0.1, 0.15) is 5.75 Å². The molecule has 0 radical (unpaired) electrons. The van der Waals surface area contributed by atoms with E-state index in [0.29, 0.717) is 12.3 Å². The van der Waals surface area contributed by atoms with Crippen molar-refractivity contribution in [2.75, 3.05) is 19.8 Å². The fraction of sp³-hybridized carbons (Fsp3) is 0.500. The Morgan fingerprint density at radius 2 is 2.26 bits per heavy atom.